The van der Waals surface area contributed by atoms with Crippen molar-refractivity contribution in [2.75, 3.05) is 6.54 Å². The van der Waals surface area contributed by atoms with Crippen molar-refractivity contribution in [3.8, 4) is 0 Å². The molecule has 1 saturated heterocycles. The molecule has 19 heavy (non-hydrogen) atoms. The predicted octanol–water partition coefficient (Wildman–Crippen LogP) is 0.658. The Bertz CT molecular complexity index is 376. The zero-order valence-corrected chi connectivity index (χ0v) is 11.7. The van der Waals surface area contributed by atoms with E-state index in [9.17, 15) is 19.5 Å². The number of carboxylic acids is 1. The van der Waals surface area contributed by atoms with Crippen LogP contribution in [0.5, 0.6) is 0 Å². The van der Waals surface area contributed by atoms with E-state index >= 15 is 0 Å². The van der Waals surface area contributed by atoms with Crippen molar-refractivity contribution in [1.29, 1.82) is 0 Å². The molecular weight excluding hydrogens is 272 g/mol. The molecule has 1 aliphatic heterocycles. The first-order chi connectivity index (χ1) is 8.92. The van der Waals surface area contributed by atoms with Crippen molar-refractivity contribution in [2.24, 2.45) is 5.92 Å². The van der Waals surface area contributed by atoms with Gasteiger partial charge in [0.25, 0.3) is 0 Å². The van der Waals surface area contributed by atoms with Gasteiger partial charge in [0.2, 0.25) is 5.91 Å². The number of carbonyl (C=O) groups excluding carboxylic acids is 2. The summed E-state index contributed by atoms with van der Waals surface area (Å²) in [6, 6.07) is -1.68. The fourth-order valence-corrected chi connectivity index (χ4v) is 2.43. The van der Waals surface area contributed by atoms with Crippen LogP contribution in [0.2, 0.25) is 0 Å². The number of likely N-dealkylation sites (tertiary alicyclic amines) is 1. The van der Waals surface area contributed by atoms with Crippen LogP contribution < -0.4 is 5.32 Å². The SMILES string of the molecule is CC[C@@H]1CCN(C(=O)[C@H](C)NC(=O)OS)[C@@H]1C(=O)O. The van der Waals surface area contributed by atoms with Gasteiger partial charge in [0, 0.05) is 19.5 Å². The summed E-state index contributed by atoms with van der Waals surface area (Å²) < 4.78 is 4.11. The second-order valence-electron chi connectivity index (χ2n) is 4.52. The molecule has 8 heteroatoms. The number of amides is 2. The summed E-state index contributed by atoms with van der Waals surface area (Å²) in [5, 5.41) is 11.5. The Hall–Kier alpha value is -1.44. The molecule has 3 atom stereocenters. The minimum absolute atomic E-state index is 0.0505. The maximum absolute atomic E-state index is 12.1. The van der Waals surface area contributed by atoms with Gasteiger partial charge in [-0.15, -0.1) is 0 Å². The van der Waals surface area contributed by atoms with E-state index in [1.807, 2.05) is 6.92 Å². The Labute approximate surface area is 116 Å². The summed E-state index contributed by atoms with van der Waals surface area (Å²) in [5.74, 6) is -1.49. The zero-order chi connectivity index (χ0) is 14.6. The predicted molar refractivity (Wildman–Crippen MR) is 69.6 cm³/mol. The molecule has 1 fully saturated rings. The van der Waals surface area contributed by atoms with E-state index in [4.69, 9.17) is 0 Å². The third-order valence-electron chi connectivity index (χ3n) is 3.37. The molecule has 0 bridgehead atoms. The second-order valence-corrected chi connectivity index (χ2v) is 4.70. The maximum atomic E-state index is 12.1. The van der Waals surface area contributed by atoms with Crippen LogP contribution in [0.15, 0.2) is 0 Å². The first-order valence-corrected chi connectivity index (χ1v) is 6.44. The smallest absolute Gasteiger partial charge is 0.419 e. The molecule has 108 valence electrons. The molecule has 2 amide bonds. The molecule has 0 aromatic rings. The van der Waals surface area contributed by atoms with Crippen molar-refractivity contribution >= 4 is 30.9 Å². The highest BCUT2D eigenvalue weighted by Crippen LogP contribution is 2.27. The molecule has 0 radical (unpaired) electrons. The Morgan fingerprint density at radius 1 is 1.53 bits per heavy atom. The summed E-state index contributed by atoms with van der Waals surface area (Å²) in [6.07, 6.45) is 0.506. The number of carboxylic acid groups (broad SMARTS) is 1. The standard InChI is InChI=1S/C11H18N2O5S/c1-3-7-4-5-13(8(7)10(15)16)9(14)6(2)12-11(17)18-19/h6-8,19H,3-5H2,1-2H3,(H,12,17)(H,15,16)/t6-,7+,8-/m0/s1. The molecule has 1 rings (SSSR count). The number of hydrogen-bond acceptors (Lipinski definition) is 5. The normalized spacial score (nSPS) is 23.8. The number of nitrogens with zero attached hydrogens (tertiary/aromatic N) is 1. The molecule has 0 unspecified atom stereocenters. The third kappa shape index (κ3) is 3.52. The molecule has 7 nitrogen and oxygen atoms in total. The summed E-state index contributed by atoms with van der Waals surface area (Å²) in [7, 11) is 0. The van der Waals surface area contributed by atoms with Gasteiger partial charge in [-0.25, -0.2) is 9.59 Å². The molecule has 0 aromatic heterocycles. The van der Waals surface area contributed by atoms with Crippen LogP contribution in [0.1, 0.15) is 26.7 Å². The lowest BCUT2D eigenvalue weighted by Crippen LogP contribution is -2.51. The van der Waals surface area contributed by atoms with E-state index in [-0.39, 0.29) is 5.92 Å². The van der Waals surface area contributed by atoms with Crippen LogP contribution in [0.25, 0.3) is 0 Å². The second kappa shape index (κ2) is 6.65. The monoisotopic (exact) mass is 290 g/mol. The maximum Gasteiger partial charge on any atom is 0.419 e. The Balaban J connectivity index is 2.75. The topological polar surface area (TPSA) is 95.9 Å². The fraction of sp³-hybridized carbons (Fsp3) is 0.727. The van der Waals surface area contributed by atoms with Gasteiger partial charge < -0.3 is 19.5 Å². The highest BCUT2D eigenvalue weighted by molar-refractivity contribution is 7.75. The number of aliphatic carboxylic acids is 1. The van der Waals surface area contributed by atoms with Crippen LogP contribution in [0.4, 0.5) is 4.79 Å². The molecular formula is C11H18N2O5S. The highest BCUT2D eigenvalue weighted by atomic mass is 32.1. The van der Waals surface area contributed by atoms with Crippen molar-refractivity contribution < 1.29 is 23.7 Å². The molecule has 2 N–H and O–H groups in total. The van der Waals surface area contributed by atoms with Crippen LogP contribution in [0, 0.1) is 5.92 Å². The molecule has 0 spiro atoms. The first kappa shape index (κ1) is 15.6. The highest BCUT2D eigenvalue weighted by Gasteiger charge is 2.42. The van der Waals surface area contributed by atoms with E-state index in [0.717, 1.165) is 0 Å². The quantitative estimate of drug-likeness (QED) is 0.522. The first-order valence-electron chi connectivity index (χ1n) is 6.07. The van der Waals surface area contributed by atoms with E-state index in [1.165, 1.54) is 11.8 Å². The van der Waals surface area contributed by atoms with Gasteiger partial charge in [-0.1, -0.05) is 13.3 Å². The van der Waals surface area contributed by atoms with Gasteiger partial charge in [0.1, 0.15) is 12.1 Å². The Morgan fingerprint density at radius 3 is 2.63 bits per heavy atom. The van der Waals surface area contributed by atoms with Gasteiger partial charge in [-0.05, 0) is 19.3 Å². The average molecular weight is 290 g/mol. The fourth-order valence-electron chi connectivity index (χ4n) is 2.38. The van der Waals surface area contributed by atoms with Gasteiger partial charge in [0.05, 0.1) is 0 Å². The van der Waals surface area contributed by atoms with E-state index in [0.29, 0.717) is 19.4 Å². The molecule has 0 aromatic carbocycles. The van der Waals surface area contributed by atoms with Crippen molar-refractivity contribution in [3.05, 3.63) is 0 Å². The lowest BCUT2D eigenvalue weighted by molar-refractivity contribution is -0.150. The molecule has 0 saturated carbocycles. The van der Waals surface area contributed by atoms with E-state index < -0.39 is 30.1 Å². The lowest BCUT2D eigenvalue weighted by atomic mass is 9.97. The summed E-state index contributed by atoms with van der Waals surface area (Å²) in [6.45, 7) is 3.76. The van der Waals surface area contributed by atoms with Gasteiger partial charge in [-0.3, -0.25) is 4.79 Å². The Kier molecular flexibility index (Phi) is 5.46. The zero-order valence-electron chi connectivity index (χ0n) is 10.8. The molecule has 1 heterocycles. The van der Waals surface area contributed by atoms with Crippen LogP contribution in [-0.4, -0.2) is 46.6 Å². The number of carbonyl (C=O) groups is 3. The van der Waals surface area contributed by atoms with E-state index in [1.54, 1.807) is 0 Å². The van der Waals surface area contributed by atoms with Crippen molar-refractivity contribution in [3.63, 3.8) is 0 Å². The summed E-state index contributed by atoms with van der Waals surface area (Å²) in [4.78, 5) is 35.7. The van der Waals surface area contributed by atoms with Crippen LogP contribution >= 0.6 is 12.9 Å². The van der Waals surface area contributed by atoms with Crippen LogP contribution in [-0.2, 0) is 13.8 Å². The minimum atomic E-state index is -1.01. The van der Waals surface area contributed by atoms with Gasteiger partial charge >= 0.3 is 12.1 Å². The van der Waals surface area contributed by atoms with Gasteiger partial charge in [0.15, 0.2) is 0 Å². The third-order valence-corrected chi connectivity index (χ3v) is 3.54. The molecule has 1 aliphatic rings. The average Bonchev–Trinajstić information content (AvgIpc) is 2.81. The number of nitrogens with one attached hydrogen (secondary N) is 1. The number of rotatable bonds is 4. The number of hydrogen-bond donors (Lipinski definition) is 3. The minimum Gasteiger partial charge on any atom is -0.480 e. The molecule has 0 aliphatic carbocycles. The van der Waals surface area contributed by atoms with Crippen LogP contribution in [0.3, 0.4) is 0 Å². The van der Waals surface area contributed by atoms with Gasteiger partial charge in [-0.2, -0.15) is 0 Å². The Morgan fingerprint density at radius 2 is 2.16 bits per heavy atom. The summed E-state index contributed by atoms with van der Waals surface area (Å²) in [5.41, 5.74) is 0. The largest absolute Gasteiger partial charge is 0.480 e. The van der Waals surface area contributed by atoms with E-state index in [2.05, 4.69) is 22.4 Å². The lowest BCUT2D eigenvalue weighted by Gasteiger charge is -2.27. The number of thiol groups is 1. The van der Waals surface area contributed by atoms with Crippen molar-refractivity contribution in [2.45, 2.75) is 38.8 Å². The van der Waals surface area contributed by atoms with Crippen molar-refractivity contribution in [1.82, 2.24) is 10.2 Å². The summed E-state index contributed by atoms with van der Waals surface area (Å²) >= 11 is 3.32.